The van der Waals surface area contributed by atoms with Crippen LogP contribution in [0.5, 0.6) is 0 Å². The minimum absolute atomic E-state index is 0.0755. The molecule has 10 nitrogen and oxygen atoms in total. The number of carbonyl (C=O) groups excluding carboxylic acids is 1. The van der Waals surface area contributed by atoms with E-state index < -0.39 is 16.5 Å². The molecule has 0 saturated heterocycles. The quantitative estimate of drug-likeness (QED) is 0.297. The van der Waals surface area contributed by atoms with E-state index >= 15 is 0 Å². The Balaban J connectivity index is 1.97. The molecule has 146 valence electrons. The Morgan fingerprint density at radius 3 is 2.69 bits per heavy atom. The van der Waals surface area contributed by atoms with Crippen molar-refractivity contribution >= 4 is 28.2 Å². The molecule has 4 rings (SSSR count). The van der Waals surface area contributed by atoms with Gasteiger partial charge in [0.2, 0.25) is 0 Å². The number of hydrogen-bond acceptors (Lipinski definition) is 7. The fourth-order valence-electron chi connectivity index (χ4n) is 3.26. The second kappa shape index (κ2) is 6.51. The van der Waals surface area contributed by atoms with Crippen molar-refractivity contribution in [1.82, 2.24) is 19.2 Å². The van der Waals surface area contributed by atoms with Gasteiger partial charge in [0.15, 0.2) is 5.65 Å². The van der Waals surface area contributed by atoms with E-state index in [1.807, 2.05) is 0 Å². The van der Waals surface area contributed by atoms with Crippen molar-refractivity contribution in [2.24, 2.45) is 0 Å². The lowest BCUT2D eigenvalue weighted by Crippen LogP contribution is -2.19. The van der Waals surface area contributed by atoms with E-state index in [-0.39, 0.29) is 22.3 Å². The summed E-state index contributed by atoms with van der Waals surface area (Å²) in [7, 11) is 1.27. The van der Waals surface area contributed by atoms with Crippen LogP contribution in [-0.2, 0) is 4.74 Å². The zero-order chi connectivity index (χ0) is 20.9. The summed E-state index contributed by atoms with van der Waals surface area (Å²) in [5.74, 6) is -0.565. The summed E-state index contributed by atoms with van der Waals surface area (Å²) in [6.07, 6.45) is 2.87. The van der Waals surface area contributed by atoms with Crippen LogP contribution in [0.3, 0.4) is 0 Å². The van der Waals surface area contributed by atoms with Crippen molar-refractivity contribution in [2.45, 2.75) is 13.8 Å². The highest BCUT2D eigenvalue weighted by Crippen LogP contribution is 2.23. The second-order valence-corrected chi connectivity index (χ2v) is 6.46. The van der Waals surface area contributed by atoms with Crippen LogP contribution in [-0.4, -0.2) is 37.2 Å². The highest BCUT2D eigenvalue weighted by Gasteiger charge is 2.21. The van der Waals surface area contributed by atoms with Gasteiger partial charge in [0.05, 0.1) is 34.3 Å². The van der Waals surface area contributed by atoms with E-state index in [1.54, 1.807) is 32.0 Å². The molecule has 0 aliphatic rings. The summed E-state index contributed by atoms with van der Waals surface area (Å²) < 4.78 is 7.51. The number of aromatic nitrogens is 4. The zero-order valence-corrected chi connectivity index (χ0v) is 15.7. The number of nitro groups is 1. The summed E-state index contributed by atoms with van der Waals surface area (Å²) in [6, 6.07) is 6.21. The number of nitrogens with zero attached hydrogens (tertiary/aromatic N) is 5. The molecule has 0 aliphatic heterocycles. The minimum atomic E-state index is -0.565. The summed E-state index contributed by atoms with van der Waals surface area (Å²) in [6.45, 7) is 3.28. The molecule has 10 heteroatoms. The fraction of sp³-hybridized carbons (Fsp3) is 0.158. The average molecular weight is 393 g/mol. The number of benzene rings is 1. The van der Waals surface area contributed by atoms with Gasteiger partial charge in [-0.25, -0.2) is 14.3 Å². The van der Waals surface area contributed by atoms with Crippen molar-refractivity contribution in [3.8, 4) is 5.69 Å². The van der Waals surface area contributed by atoms with Gasteiger partial charge in [-0.2, -0.15) is 5.10 Å². The van der Waals surface area contributed by atoms with Crippen molar-refractivity contribution in [1.29, 1.82) is 0 Å². The van der Waals surface area contributed by atoms with Crippen molar-refractivity contribution in [3.05, 3.63) is 73.9 Å². The Kier molecular flexibility index (Phi) is 4.11. The van der Waals surface area contributed by atoms with E-state index in [4.69, 9.17) is 4.74 Å². The Hall–Kier alpha value is -4.08. The molecule has 0 spiro atoms. The molecule has 0 aliphatic carbocycles. The molecule has 0 bridgehead atoms. The topological polar surface area (TPSA) is 122 Å². The number of rotatable bonds is 3. The summed E-state index contributed by atoms with van der Waals surface area (Å²) in [4.78, 5) is 40.0. The normalized spacial score (nSPS) is 11.1. The van der Waals surface area contributed by atoms with Crippen LogP contribution >= 0.6 is 0 Å². The standard InChI is InChI=1S/C19H15N5O5/c1-10-4-5-12(8-15(10)24(27)28)22-7-6-14-13(18(22)25)9-20-17-16(19(26)29-3)11(2)21-23(14)17/h4-9H,1-3H3. The lowest BCUT2D eigenvalue weighted by molar-refractivity contribution is -0.385. The molecule has 0 fully saturated rings. The predicted molar refractivity (Wildman–Crippen MR) is 104 cm³/mol. The number of aryl methyl sites for hydroxylation is 2. The summed E-state index contributed by atoms with van der Waals surface area (Å²) in [5.41, 5.74) is 1.76. The Morgan fingerprint density at radius 1 is 1.24 bits per heavy atom. The maximum absolute atomic E-state index is 13.0. The Labute approximate surface area is 163 Å². The van der Waals surface area contributed by atoms with E-state index in [2.05, 4.69) is 10.1 Å². The summed E-state index contributed by atoms with van der Waals surface area (Å²) >= 11 is 0. The van der Waals surface area contributed by atoms with Crippen LogP contribution in [0.4, 0.5) is 5.69 Å². The van der Waals surface area contributed by atoms with Gasteiger partial charge < -0.3 is 4.74 Å². The lowest BCUT2D eigenvalue weighted by Gasteiger charge is -2.09. The predicted octanol–water partition coefficient (Wildman–Crippen LogP) is 2.35. The smallest absolute Gasteiger partial charge is 0.343 e. The number of pyridine rings is 1. The number of methoxy groups -OCH3 is 1. The first kappa shape index (κ1) is 18.3. The van der Waals surface area contributed by atoms with Crippen molar-refractivity contribution < 1.29 is 14.5 Å². The molecule has 0 amide bonds. The number of nitro benzene ring substituents is 1. The molecule has 3 aromatic heterocycles. The van der Waals surface area contributed by atoms with Crippen LogP contribution in [0.25, 0.3) is 22.2 Å². The molecule has 4 aromatic rings. The first-order valence-corrected chi connectivity index (χ1v) is 8.57. The van der Waals surface area contributed by atoms with Crippen LogP contribution in [0.15, 0.2) is 41.5 Å². The molecule has 0 atom stereocenters. The van der Waals surface area contributed by atoms with Gasteiger partial charge in [-0.05, 0) is 26.0 Å². The van der Waals surface area contributed by atoms with E-state index in [0.29, 0.717) is 22.5 Å². The number of fused-ring (bicyclic) bond motifs is 3. The number of hydrogen-bond donors (Lipinski definition) is 0. The third kappa shape index (κ3) is 2.73. The van der Waals surface area contributed by atoms with Crippen molar-refractivity contribution in [3.63, 3.8) is 0 Å². The maximum atomic E-state index is 13.0. The maximum Gasteiger partial charge on any atom is 0.343 e. The number of esters is 1. The highest BCUT2D eigenvalue weighted by atomic mass is 16.6. The average Bonchev–Trinajstić information content (AvgIpc) is 3.04. The van der Waals surface area contributed by atoms with E-state index in [0.717, 1.165) is 0 Å². The Bertz CT molecular complexity index is 1390. The van der Waals surface area contributed by atoms with E-state index in [1.165, 1.54) is 34.7 Å². The van der Waals surface area contributed by atoms with Gasteiger partial charge in [-0.1, -0.05) is 6.07 Å². The first-order chi connectivity index (χ1) is 13.8. The van der Waals surface area contributed by atoms with E-state index in [9.17, 15) is 19.7 Å². The second-order valence-electron chi connectivity index (χ2n) is 6.46. The molecule has 1 aromatic carbocycles. The zero-order valence-electron chi connectivity index (χ0n) is 15.7. The van der Waals surface area contributed by atoms with Crippen LogP contribution in [0.1, 0.15) is 21.6 Å². The molecule has 0 N–H and O–H groups in total. The third-order valence-corrected chi connectivity index (χ3v) is 4.74. The van der Waals surface area contributed by atoms with Crippen LogP contribution in [0.2, 0.25) is 0 Å². The molecular formula is C19H15N5O5. The minimum Gasteiger partial charge on any atom is -0.465 e. The van der Waals surface area contributed by atoms with Gasteiger partial charge in [0.1, 0.15) is 5.56 Å². The van der Waals surface area contributed by atoms with Crippen molar-refractivity contribution in [2.75, 3.05) is 7.11 Å². The fourth-order valence-corrected chi connectivity index (χ4v) is 3.26. The number of ether oxygens (including phenoxy) is 1. The largest absolute Gasteiger partial charge is 0.465 e. The van der Waals surface area contributed by atoms with Crippen LogP contribution in [0, 0.1) is 24.0 Å². The molecular weight excluding hydrogens is 378 g/mol. The summed E-state index contributed by atoms with van der Waals surface area (Å²) in [5, 5.41) is 15.8. The Morgan fingerprint density at radius 2 is 2.00 bits per heavy atom. The molecule has 0 radical (unpaired) electrons. The molecule has 3 heterocycles. The number of carbonyl (C=O) groups is 1. The SMILES string of the molecule is COC(=O)c1c(C)nn2c1ncc1c(=O)n(-c3ccc(C)c([N+](=O)[O-])c3)ccc12. The molecule has 0 saturated carbocycles. The first-order valence-electron chi connectivity index (χ1n) is 8.57. The monoisotopic (exact) mass is 393 g/mol. The van der Waals surface area contributed by atoms with Gasteiger partial charge in [0, 0.05) is 24.0 Å². The van der Waals surface area contributed by atoms with Gasteiger partial charge in [-0.15, -0.1) is 0 Å². The van der Waals surface area contributed by atoms with Gasteiger partial charge in [-0.3, -0.25) is 19.5 Å². The lowest BCUT2D eigenvalue weighted by atomic mass is 10.1. The molecule has 0 unspecified atom stereocenters. The highest BCUT2D eigenvalue weighted by molar-refractivity contribution is 5.98. The van der Waals surface area contributed by atoms with Gasteiger partial charge >= 0.3 is 5.97 Å². The third-order valence-electron chi connectivity index (χ3n) is 4.74. The van der Waals surface area contributed by atoms with Gasteiger partial charge in [0.25, 0.3) is 11.2 Å². The van der Waals surface area contributed by atoms with Crippen LogP contribution < -0.4 is 5.56 Å². The molecule has 29 heavy (non-hydrogen) atoms.